The van der Waals surface area contributed by atoms with Crippen LogP contribution in [-0.2, 0) is 0 Å². The molecule has 22 aromatic rings. The first-order valence-corrected chi connectivity index (χ1v) is 39.2. The molecular formula is C104H66N4S2. The number of benzene rings is 20. The Balaban J connectivity index is 0.725. The molecule has 0 saturated heterocycles. The van der Waals surface area contributed by atoms with E-state index in [-0.39, 0.29) is 0 Å². The van der Waals surface area contributed by atoms with E-state index in [2.05, 4.69) is 420 Å². The molecule has 514 valence electrons. The first-order chi connectivity index (χ1) is 54.6. The molecule has 0 spiro atoms. The first kappa shape index (κ1) is 63.4. The average Bonchev–Trinajstić information content (AvgIpc) is 1.54. The number of rotatable bonds is 13. The summed E-state index contributed by atoms with van der Waals surface area (Å²) in [5.74, 6) is 0. The molecule has 0 atom stereocenters. The van der Waals surface area contributed by atoms with Crippen LogP contribution < -0.4 is 19.6 Å². The fourth-order valence-electron chi connectivity index (χ4n) is 17.5. The molecule has 6 heteroatoms. The average molecular weight is 1440 g/mol. The summed E-state index contributed by atoms with van der Waals surface area (Å²) < 4.78 is 4.89. The Labute approximate surface area is 643 Å². The molecule has 0 saturated carbocycles. The summed E-state index contributed by atoms with van der Waals surface area (Å²) in [5, 5.41) is 24.2. The van der Waals surface area contributed by atoms with Gasteiger partial charge in [-0.3, -0.25) is 0 Å². The lowest BCUT2D eigenvalue weighted by atomic mass is 9.94. The van der Waals surface area contributed by atoms with Crippen LogP contribution in [0, 0.1) is 0 Å². The number of hydrogen-bond acceptors (Lipinski definition) is 6. The van der Waals surface area contributed by atoms with Crippen LogP contribution in [0.2, 0.25) is 0 Å². The van der Waals surface area contributed by atoms with Crippen LogP contribution in [0.1, 0.15) is 0 Å². The second-order valence-corrected chi connectivity index (χ2v) is 30.7. The molecule has 0 N–H and O–H groups in total. The highest BCUT2D eigenvalue weighted by Crippen LogP contribution is 2.57. The summed E-state index contributed by atoms with van der Waals surface area (Å²) in [6.45, 7) is 0. The molecule has 0 unspecified atom stereocenters. The molecule has 4 nitrogen and oxygen atoms in total. The smallest absolute Gasteiger partial charge is 0.0647 e. The number of fused-ring (bicyclic) bond motifs is 18. The van der Waals surface area contributed by atoms with Crippen LogP contribution in [0.4, 0.5) is 68.2 Å². The number of para-hydroxylation sites is 4. The lowest BCUT2D eigenvalue weighted by Gasteiger charge is -2.28. The highest BCUT2D eigenvalue weighted by Gasteiger charge is 2.30. The summed E-state index contributed by atoms with van der Waals surface area (Å²) in [6, 6.07) is 148. The molecular weight excluding hydrogens is 1370 g/mol. The predicted molar refractivity (Wildman–Crippen MR) is 476 cm³/mol. The normalized spacial score (nSPS) is 11.8. The van der Waals surface area contributed by atoms with Crippen LogP contribution in [0.5, 0.6) is 0 Å². The summed E-state index contributed by atoms with van der Waals surface area (Å²) >= 11 is 3.81. The maximum Gasteiger partial charge on any atom is 0.0647 e. The van der Waals surface area contributed by atoms with Gasteiger partial charge in [0.1, 0.15) is 0 Å². The molecule has 2 heterocycles. The van der Waals surface area contributed by atoms with E-state index in [1.807, 2.05) is 22.7 Å². The third-order valence-corrected chi connectivity index (χ3v) is 24.9. The predicted octanol–water partition coefficient (Wildman–Crippen LogP) is 31.2. The Kier molecular flexibility index (Phi) is 15.0. The summed E-state index contributed by atoms with van der Waals surface area (Å²) in [6.07, 6.45) is 0. The van der Waals surface area contributed by atoms with Crippen molar-refractivity contribution in [1.29, 1.82) is 0 Å². The van der Waals surface area contributed by atoms with Gasteiger partial charge in [0, 0.05) is 66.4 Å². The van der Waals surface area contributed by atoms with E-state index in [1.54, 1.807) is 0 Å². The first-order valence-electron chi connectivity index (χ1n) is 37.6. The molecule has 0 aliphatic rings. The minimum absolute atomic E-state index is 1.07. The highest BCUT2D eigenvalue weighted by molar-refractivity contribution is 7.28. The van der Waals surface area contributed by atoms with E-state index in [9.17, 15) is 0 Å². The standard InChI is InChI=1S/C104H66N4S2/c1-5-36-77(37-6-1)105(81-58-56-67-28-13-14-30-70(67)61-81)93-63-71-31-16-21-45-85(71)97-98-86-46-22-17-32-72(86)64-94(102(98)109-101(93)97)106(78-38-7-2-8-39-78)82-59-57-68-54-55-75(60-76(68)62-82)83-49-26-51-90-89(83)50-27-53-92(90)108(80-42-11-4-12-43-80)96-66-74-34-19-24-48-88(74)100-99-87-47-23-18-33-73(87)65-95(103(99)110-104(96)100)107(79-40-9-3-10-41-79)91-52-25-35-69-29-15-20-44-84(69)91/h1-66H. The minimum atomic E-state index is 1.07. The Morgan fingerprint density at radius 2 is 0.464 bits per heavy atom. The van der Waals surface area contributed by atoms with Crippen molar-refractivity contribution >= 4 is 217 Å². The Bertz CT molecular complexity index is 7430. The van der Waals surface area contributed by atoms with Gasteiger partial charge in [-0.25, -0.2) is 0 Å². The Morgan fingerprint density at radius 1 is 0.155 bits per heavy atom. The summed E-state index contributed by atoms with van der Waals surface area (Å²) in [7, 11) is 0. The second kappa shape index (κ2) is 26.0. The molecule has 22 rings (SSSR count). The number of anilines is 12. The van der Waals surface area contributed by atoms with E-state index >= 15 is 0 Å². The van der Waals surface area contributed by atoms with Crippen LogP contribution in [0.25, 0.3) is 138 Å². The van der Waals surface area contributed by atoms with Crippen molar-refractivity contribution < 1.29 is 0 Å². The van der Waals surface area contributed by atoms with Crippen molar-refractivity contribution in [2.24, 2.45) is 0 Å². The fourth-order valence-corrected chi connectivity index (χ4v) is 20.2. The van der Waals surface area contributed by atoms with Crippen molar-refractivity contribution in [2.75, 3.05) is 19.6 Å². The lowest BCUT2D eigenvalue weighted by Crippen LogP contribution is -2.10. The van der Waals surface area contributed by atoms with Crippen molar-refractivity contribution in [2.45, 2.75) is 0 Å². The van der Waals surface area contributed by atoms with Crippen LogP contribution in [0.15, 0.2) is 400 Å². The molecule has 0 fully saturated rings. The molecule has 20 aromatic carbocycles. The molecule has 0 bridgehead atoms. The zero-order chi connectivity index (χ0) is 72.3. The van der Waals surface area contributed by atoms with Gasteiger partial charge < -0.3 is 19.6 Å². The number of nitrogens with zero attached hydrogens (tertiary/aromatic N) is 4. The maximum atomic E-state index is 2.54. The van der Waals surface area contributed by atoms with Crippen molar-refractivity contribution in [1.82, 2.24) is 0 Å². The maximum absolute atomic E-state index is 2.54. The SMILES string of the molecule is c1ccc(N(c2ccc3ccccc3c2)c2cc3ccccc3c3c2sc2c(N(c4ccccc4)c4ccc5ccc(-c6cccc7c(N(c8ccccc8)c8cc9ccccc9c9c8sc8c(N(c%10ccccc%10)c%10cccc%11ccccc%10%11)cc%10ccccc%10c89)cccc67)cc5c4)cc4ccccc4c23)cc1. The van der Waals surface area contributed by atoms with Gasteiger partial charge >= 0.3 is 0 Å². The highest BCUT2D eigenvalue weighted by atomic mass is 32.1. The van der Waals surface area contributed by atoms with Gasteiger partial charge in [0.25, 0.3) is 0 Å². The molecule has 110 heavy (non-hydrogen) atoms. The summed E-state index contributed by atoms with van der Waals surface area (Å²) in [4.78, 5) is 10.0. The third-order valence-electron chi connectivity index (χ3n) is 22.4. The lowest BCUT2D eigenvalue weighted by molar-refractivity contribution is 1.31. The largest absolute Gasteiger partial charge is 0.309 e. The molecule has 0 aliphatic carbocycles. The number of thiophene rings is 2. The van der Waals surface area contributed by atoms with Gasteiger partial charge in [-0.1, -0.05) is 285 Å². The molecule has 0 aliphatic heterocycles. The zero-order valence-corrected chi connectivity index (χ0v) is 61.3. The summed E-state index contributed by atoms with van der Waals surface area (Å²) in [5.41, 5.74) is 15.6. The van der Waals surface area contributed by atoms with E-state index in [0.29, 0.717) is 0 Å². The van der Waals surface area contributed by atoms with Crippen LogP contribution in [-0.4, -0.2) is 0 Å². The zero-order valence-electron chi connectivity index (χ0n) is 59.7. The monoisotopic (exact) mass is 1430 g/mol. The van der Waals surface area contributed by atoms with Crippen molar-refractivity contribution in [3.63, 3.8) is 0 Å². The molecule has 0 radical (unpaired) electrons. The second-order valence-electron chi connectivity index (χ2n) is 28.6. The van der Waals surface area contributed by atoms with Crippen LogP contribution >= 0.6 is 22.7 Å². The van der Waals surface area contributed by atoms with E-state index < -0.39 is 0 Å². The Morgan fingerprint density at radius 3 is 0.927 bits per heavy atom. The van der Waals surface area contributed by atoms with Gasteiger partial charge in [-0.2, -0.15) is 0 Å². The Hall–Kier alpha value is -13.9. The third kappa shape index (κ3) is 10.3. The quantitative estimate of drug-likeness (QED) is 0.114. The van der Waals surface area contributed by atoms with Gasteiger partial charge in [0.15, 0.2) is 0 Å². The number of hydrogen-bond donors (Lipinski definition) is 0. The van der Waals surface area contributed by atoms with E-state index in [4.69, 9.17) is 0 Å². The minimum Gasteiger partial charge on any atom is -0.309 e. The van der Waals surface area contributed by atoms with E-state index in [0.717, 1.165) is 84.6 Å². The van der Waals surface area contributed by atoms with Gasteiger partial charge in [-0.05, 0) is 202 Å². The van der Waals surface area contributed by atoms with E-state index in [1.165, 1.54) is 121 Å². The van der Waals surface area contributed by atoms with Gasteiger partial charge in [-0.15, -0.1) is 22.7 Å². The van der Waals surface area contributed by atoms with Crippen molar-refractivity contribution in [3.05, 3.63) is 400 Å². The molecule has 2 aromatic heterocycles. The molecule has 0 amide bonds. The topological polar surface area (TPSA) is 13.0 Å². The van der Waals surface area contributed by atoms with Gasteiger partial charge in [0.2, 0.25) is 0 Å². The fraction of sp³-hybridized carbons (Fsp3) is 0. The van der Waals surface area contributed by atoms with Crippen molar-refractivity contribution in [3.8, 4) is 11.1 Å². The van der Waals surface area contributed by atoms with Crippen LogP contribution in [0.3, 0.4) is 0 Å². The van der Waals surface area contributed by atoms with Gasteiger partial charge in [0.05, 0.1) is 52.9 Å².